The van der Waals surface area contributed by atoms with Gasteiger partial charge in [0.05, 0.1) is 5.75 Å². The zero-order chi connectivity index (χ0) is 21.6. The van der Waals surface area contributed by atoms with E-state index in [9.17, 15) is 9.59 Å². The molecule has 7 nitrogen and oxygen atoms in total. The Bertz CT molecular complexity index is 1100. The quantitative estimate of drug-likeness (QED) is 0.308. The molecular weight excluding hydrogens is 414 g/mol. The number of fused-ring (bicyclic) bond motifs is 1. The van der Waals surface area contributed by atoms with Crippen molar-refractivity contribution < 1.29 is 19.1 Å². The number of Topliss-reactive ketones (excluding diaryl/α,β-unsaturated/α-hetero) is 1. The number of nitrogens with one attached hydrogen (secondary N) is 1. The number of thioether (sulfide) groups is 1. The summed E-state index contributed by atoms with van der Waals surface area (Å²) in [5.41, 5.74) is 1.98. The summed E-state index contributed by atoms with van der Waals surface area (Å²) in [5, 5.41) is 3.61. The van der Waals surface area contributed by atoms with Gasteiger partial charge < -0.3 is 14.8 Å². The van der Waals surface area contributed by atoms with Crippen molar-refractivity contribution in [3.63, 3.8) is 0 Å². The molecule has 0 saturated carbocycles. The van der Waals surface area contributed by atoms with Crippen molar-refractivity contribution in [2.75, 3.05) is 19.1 Å². The van der Waals surface area contributed by atoms with E-state index in [0.29, 0.717) is 34.3 Å². The number of rotatable bonds is 9. The Morgan fingerprint density at radius 1 is 1.13 bits per heavy atom. The molecule has 2 aromatic carbocycles. The van der Waals surface area contributed by atoms with Crippen LogP contribution in [0.4, 0.5) is 0 Å². The number of imidazole rings is 1. The smallest absolute Gasteiger partial charge is 0.251 e. The highest BCUT2D eigenvalue weighted by Gasteiger charge is 2.17. The SMILES string of the molecule is CCCCNC(=O)c1cccc(-n2ccnc2SCC(=O)c2ccc3c(c2)OCO3)c1. The zero-order valence-corrected chi connectivity index (χ0v) is 18.0. The number of ketones is 1. The summed E-state index contributed by atoms with van der Waals surface area (Å²) in [6, 6.07) is 12.6. The molecule has 1 aromatic heterocycles. The van der Waals surface area contributed by atoms with E-state index in [2.05, 4.69) is 17.2 Å². The van der Waals surface area contributed by atoms with E-state index in [1.807, 2.05) is 29.0 Å². The standard InChI is InChI=1S/C23H23N3O4S/c1-2-3-9-24-22(28)17-5-4-6-18(12-17)26-11-10-25-23(26)31-14-19(27)16-7-8-20-21(13-16)30-15-29-20/h4-8,10-13H,2-3,9,14-15H2,1H3,(H,24,28). The fourth-order valence-corrected chi connectivity index (χ4v) is 4.02. The summed E-state index contributed by atoms with van der Waals surface area (Å²) in [5.74, 6) is 1.35. The molecule has 1 aliphatic heterocycles. The van der Waals surface area contributed by atoms with Gasteiger partial charge in [-0.1, -0.05) is 31.2 Å². The minimum absolute atomic E-state index is 0.0260. The predicted octanol–water partition coefficient (Wildman–Crippen LogP) is 4.11. The summed E-state index contributed by atoms with van der Waals surface area (Å²) < 4.78 is 12.5. The normalized spacial score (nSPS) is 12.0. The number of carbonyl (C=O) groups is 2. The van der Waals surface area contributed by atoms with Crippen LogP contribution < -0.4 is 14.8 Å². The Morgan fingerprint density at radius 3 is 2.87 bits per heavy atom. The summed E-state index contributed by atoms with van der Waals surface area (Å²) in [6.45, 7) is 2.92. The van der Waals surface area contributed by atoms with E-state index in [4.69, 9.17) is 9.47 Å². The lowest BCUT2D eigenvalue weighted by atomic mass is 10.1. The molecule has 0 unspecified atom stereocenters. The molecule has 0 aliphatic carbocycles. The van der Waals surface area contributed by atoms with Crippen LogP contribution in [-0.4, -0.2) is 40.3 Å². The van der Waals surface area contributed by atoms with Crippen molar-refractivity contribution in [2.24, 2.45) is 0 Å². The van der Waals surface area contributed by atoms with Gasteiger partial charge in [0.2, 0.25) is 6.79 Å². The Labute approximate surface area is 184 Å². The summed E-state index contributed by atoms with van der Waals surface area (Å²) >= 11 is 1.35. The van der Waals surface area contributed by atoms with E-state index >= 15 is 0 Å². The van der Waals surface area contributed by atoms with Crippen molar-refractivity contribution in [2.45, 2.75) is 24.9 Å². The van der Waals surface area contributed by atoms with E-state index < -0.39 is 0 Å². The third-order valence-electron chi connectivity index (χ3n) is 4.84. The summed E-state index contributed by atoms with van der Waals surface area (Å²) in [6.07, 6.45) is 5.48. The van der Waals surface area contributed by atoms with Gasteiger partial charge in [0, 0.05) is 35.8 Å². The molecule has 0 spiro atoms. The average molecular weight is 438 g/mol. The lowest BCUT2D eigenvalue weighted by Crippen LogP contribution is -2.24. The highest BCUT2D eigenvalue weighted by atomic mass is 32.2. The molecule has 31 heavy (non-hydrogen) atoms. The molecule has 0 radical (unpaired) electrons. The van der Waals surface area contributed by atoms with Crippen LogP contribution >= 0.6 is 11.8 Å². The molecule has 160 valence electrons. The van der Waals surface area contributed by atoms with E-state index in [1.54, 1.807) is 30.5 Å². The molecule has 0 fully saturated rings. The Hall–Kier alpha value is -3.26. The molecular formula is C23H23N3O4S. The van der Waals surface area contributed by atoms with Gasteiger partial charge in [-0.2, -0.15) is 0 Å². The summed E-state index contributed by atoms with van der Waals surface area (Å²) in [7, 11) is 0. The predicted molar refractivity (Wildman–Crippen MR) is 118 cm³/mol. The maximum atomic E-state index is 12.6. The molecule has 1 N–H and O–H groups in total. The molecule has 0 bridgehead atoms. The number of hydrogen-bond donors (Lipinski definition) is 1. The Kier molecular flexibility index (Phi) is 6.57. The first-order valence-corrected chi connectivity index (χ1v) is 11.1. The van der Waals surface area contributed by atoms with Crippen LogP contribution in [0.3, 0.4) is 0 Å². The van der Waals surface area contributed by atoms with Crippen molar-refractivity contribution in [3.8, 4) is 17.2 Å². The van der Waals surface area contributed by atoms with Crippen LogP contribution in [0.1, 0.15) is 40.5 Å². The third-order valence-corrected chi connectivity index (χ3v) is 5.80. The highest BCUT2D eigenvalue weighted by molar-refractivity contribution is 7.99. The fraction of sp³-hybridized carbons (Fsp3) is 0.261. The number of amides is 1. The molecule has 2 heterocycles. The topological polar surface area (TPSA) is 82.5 Å². The second kappa shape index (κ2) is 9.70. The van der Waals surface area contributed by atoms with Crippen LogP contribution in [0, 0.1) is 0 Å². The minimum Gasteiger partial charge on any atom is -0.454 e. The third kappa shape index (κ3) is 4.91. The molecule has 0 atom stereocenters. The number of carbonyl (C=O) groups excluding carboxylic acids is 2. The number of benzene rings is 2. The van der Waals surface area contributed by atoms with Gasteiger partial charge in [0.25, 0.3) is 5.91 Å². The van der Waals surface area contributed by atoms with Crippen LogP contribution in [-0.2, 0) is 0 Å². The van der Waals surface area contributed by atoms with Gasteiger partial charge in [-0.3, -0.25) is 14.2 Å². The first kappa shape index (κ1) is 21.0. The Morgan fingerprint density at radius 2 is 2.00 bits per heavy atom. The van der Waals surface area contributed by atoms with Gasteiger partial charge in [-0.25, -0.2) is 4.98 Å². The molecule has 4 rings (SSSR count). The molecule has 0 saturated heterocycles. The van der Waals surface area contributed by atoms with Gasteiger partial charge in [-0.15, -0.1) is 0 Å². The van der Waals surface area contributed by atoms with Gasteiger partial charge in [-0.05, 0) is 42.8 Å². The maximum absolute atomic E-state index is 12.6. The molecule has 3 aromatic rings. The number of aromatic nitrogens is 2. The highest BCUT2D eigenvalue weighted by Crippen LogP contribution is 2.33. The average Bonchev–Trinajstić information content (AvgIpc) is 3.46. The van der Waals surface area contributed by atoms with Crippen LogP contribution in [0.5, 0.6) is 11.5 Å². The number of ether oxygens (including phenoxy) is 2. The van der Waals surface area contributed by atoms with Gasteiger partial charge in [0.1, 0.15) is 0 Å². The lowest BCUT2D eigenvalue weighted by molar-refractivity contribution is 0.0952. The largest absolute Gasteiger partial charge is 0.454 e. The van der Waals surface area contributed by atoms with E-state index in [-0.39, 0.29) is 24.2 Å². The van der Waals surface area contributed by atoms with E-state index in [0.717, 1.165) is 18.5 Å². The summed E-state index contributed by atoms with van der Waals surface area (Å²) in [4.78, 5) is 29.4. The Balaban J connectivity index is 1.44. The van der Waals surface area contributed by atoms with Crippen molar-refractivity contribution in [3.05, 3.63) is 66.0 Å². The second-order valence-corrected chi connectivity index (χ2v) is 7.96. The number of nitrogens with zero attached hydrogens (tertiary/aromatic N) is 2. The minimum atomic E-state index is -0.0948. The van der Waals surface area contributed by atoms with Crippen LogP contribution in [0.2, 0.25) is 0 Å². The lowest BCUT2D eigenvalue weighted by Gasteiger charge is -2.10. The van der Waals surface area contributed by atoms with Gasteiger partial charge in [0.15, 0.2) is 22.4 Å². The maximum Gasteiger partial charge on any atom is 0.251 e. The van der Waals surface area contributed by atoms with Crippen LogP contribution in [0.15, 0.2) is 60.0 Å². The van der Waals surface area contributed by atoms with Crippen molar-refractivity contribution in [1.82, 2.24) is 14.9 Å². The zero-order valence-electron chi connectivity index (χ0n) is 17.2. The molecule has 8 heteroatoms. The molecule has 1 aliphatic rings. The first-order chi connectivity index (χ1) is 15.2. The van der Waals surface area contributed by atoms with Crippen molar-refractivity contribution in [1.29, 1.82) is 0 Å². The number of hydrogen-bond acceptors (Lipinski definition) is 6. The number of unbranched alkanes of at least 4 members (excludes halogenated alkanes) is 1. The molecule has 1 amide bonds. The fourth-order valence-electron chi connectivity index (χ4n) is 3.15. The van der Waals surface area contributed by atoms with Crippen molar-refractivity contribution >= 4 is 23.5 Å². The van der Waals surface area contributed by atoms with E-state index in [1.165, 1.54) is 11.8 Å². The second-order valence-electron chi connectivity index (χ2n) is 7.02. The first-order valence-electron chi connectivity index (χ1n) is 10.1. The monoisotopic (exact) mass is 437 g/mol. The van der Waals surface area contributed by atoms with Gasteiger partial charge >= 0.3 is 0 Å². The van der Waals surface area contributed by atoms with Crippen LogP contribution in [0.25, 0.3) is 5.69 Å².